The van der Waals surface area contributed by atoms with Crippen LogP contribution in [0.15, 0.2) is 24.4 Å². The lowest BCUT2D eigenvalue weighted by Gasteiger charge is -2.26. The quantitative estimate of drug-likeness (QED) is 0.493. The van der Waals surface area contributed by atoms with Crippen molar-refractivity contribution in [3.05, 3.63) is 50.9 Å². The number of anilines is 2. The molecule has 0 amide bonds. The van der Waals surface area contributed by atoms with E-state index in [4.69, 9.17) is 21.1 Å². The molecule has 3 rings (SSSR count). The summed E-state index contributed by atoms with van der Waals surface area (Å²) in [6, 6.07) is 5.12. The Kier molecular flexibility index (Phi) is 4.85. The van der Waals surface area contributed by atoms with Gasteiger partial charge >= 0.3 is 5.69 Å². The summed E-state index contributed by atoms with van der Waals surface area (Å²) in [6.07, 6.45) is 1.81. The number of nitrogens with zero attached hydrogens (tertiary/aromatic N) is 3. The largest absolute Gasteiger partial charge is 0.378 e. The van der Waals surface area contributed by atoms with Crippen molar-refractivity contribution in [3.8, 4) is 0 Å². The van der Waals surface area contributed by atoms with E-state index in [-0.39, 0.29) is 16.5 Å². The number of ether oxygens (including phenoxy) is 2. The van der Waals surface area contributed by atoms with Crippen molar-refractivity contribution in [2.75, 3.05) is 25.6 Å². The molecule has 3 heterocycles. The van der Waals surface area contributed by atoms with Crippen molar-refractivity contribution < 1.29 is 14.4 Å². The summed E-state index contributed by atoms with van der Waals surface area (Å²) < 4.78 is 11.1. The van der Waals surface area contributed by atoms with E-state index >= 15 is 0 Å². The van der Waals surface area contributed by atoms with Gasteiger partial charge in [-0.2, -0.15) is 0 Å². The van der Waals surface area contributed by atoms with Crippen molar-refractivity contribution in [1.82, 2.24) is 9.97 Å². The van der Waals surface area contributed by atoms with Gasteiger partial charge in [-0.15, -0.1) is 0 Å². The maximum absolute atomic E-state index is 11.2. The molecule has 9 heteroatoms. The highest BCUT2D eigenvalue weighted by Gasteiger charge is 2.38. The molecule has 2 aromatic rings. The van der Waals surface area contributed by atoms with Gasteiger partial charge in [-0.05, 0) is 24.6 Å². The molecule has 8 nitrogen and oxygen atoms in total. The Morgan fingerprint density at radius 1 is 1.44 bits per heavy atom. The van der Waals surface area contributed by atoms with Gasteiger partial charge in [0.1, 0.15) is 28.5 Å². The molecule has 1 saturated heterocycles. The number of pyridine rings is 2. The number of nitrogens with one attached hydrogen (secondary N) is 1. The second-order valence-electron chi connectivity index (χ2n) is 5.82. The summed E-state index contributed by atoms with van der Waals surface area (Å²) in [5.41, 5.74) is 1.10. The molecule has 0 bridgehead atoms. The Balaban J connectivity index is 1.99. The van der Waals surface area contributed by atoms with Gasteiger partial charge < -0.3 is 14.8 Å². The highest BCUT2D eigenvalue weighted by atomic mass is 35.5. The Bertz CT molecular complexity index is 809. The molecule has 1 atom stereocenters. The number of nitro groups is 1. The van der Waals surface area contributed by atoms with Crippen LogP contribution in [0.1, 0.15) is 17.7 Å². The van der Waals surface area contributed by atoms with Crippen LogP contribution < -0.4 is 5.32 Å². The van der Waals surface area contributed by atoms with E-state index in [0.717, 1.165) is 17.5 Å². The summed E-state index contributed by atoms with van der Waals surface area (Å²) in [6.45, 7) is 2.93. The van der Waals surface area contributed by atoms with Gasteiger partial charge in [0.2, 0.25) is 0 Å². The van der Waals surface area contributed by atoms with Gasteiger partial charge in [-0.25, -0.2) is 9.97 Å². The molecular formula is C16H17ClN4O4. The predicted octanol–water partition coefficient (Wildman–Crippen LogP) is 3.35. The number of aryl methyl sites for hydroxylation is 1. The van der Waals surface area contributed by atoms with Crippen LogP contribution in [-0.4, -0.2) is 35.2 Å². The zero-order chi connectivity index (χ0) is 18.0. The van der Waals surface area contributed by atoms with E-state index in [1.54, 1.807) is 13.2 Å². The molecule has 0 saturated carbocycles. The van der Waals surface area contributed by atoms with Crippen molar-refractivity contribution in [1.29, 1.82) is 0 Å². The van der Waals surface area contributed by atoms with E-state index in [0.29, 0.717) is 25.5 Å². The van der Waals surface area contributed by atoms with E-state index in [9.17, 15) is 10.1 Å². The molecule has 1 fully saturated rings. The molecule has 25 heavy (non-hydrogen) atoms. The van der Waals surface area contributed by atoms with Gasteiger partial charge in [0.05, 0.1) is 17.2 Å². The average Bonchev–Trinajstić information content (AvgIpc) is 3.04. The number of methoxy groups -OCH3 is 1. The Morgan fingerprint density at radius 2 is 2.24 bits per heavy atom. The number of rotatable bonds is 5. The molecule has 132 valence electrons. The smallest absolute Gasteiger partial charge is 0.310 e. The minimum Gasteiger partial charge on any atom is -0.378 e. The Morgan fingerprint density at radius 3 is 2.88 bits per heavy atom. The minimum atomic E-state index is -0.607. The fraction of sp³-hybridized carbons (Fsp3) is 0.375. The molecule has 1 aliphatic heterocycles. The number of aromatic nitrogens is 2. The summed E-state index contributed by atoms with van der Waals surface area (Å²) >= 11 is 5.87. The van der Waals surface area contributed by atoms with Gasteiger partial charge in [0.25, 0.3) is 0 Å². The average molecular weight is 365 g/mol. The lowest BCUT2D eigenvalue weighted by atomic mass is 9.97. The first kappa shape index (κ1) is 17.5. The van der Waals surface area contributed by atoms with Gasteiger partial charge in [0, 0.05) is 26.2 Å². The highest BCUT2D eigenvalue weighted by Crippen LogP contribution is 2.35. The van der Waals surface area contributed by atoms with Crippen LogP contribution >= 0.6 is 11.6 Å². The Labute approximate surface area is 149 Å². The lowest BCUT2D eigenvalue weighted by Crippen LogP contribution is -2.30. The first-order valence-electron chi connectivity index (χ1n) is 7.62. The molecule has 1 N–H and O–H groups in total. The van der Waals surface area contributed by atoms with Gasteiger partial charge in [-0.3, -0.25) is 10.1 Å². The fourth-order valence-corrected chi connectivity index (χ4v) is 2.94. The summed E-state index contributed by atoms with van der Waals surface area (Å²) in [5.74, 6) is 0.462. The van der Waals surface area contributed by atoms with E-state index < -0.39 is 10.5 Å². The van der Waals surface area contributed by atoms with Crippen molar-refractivity contribution in [2.24, 2.45) is 0 Å². The maximum atomic E-state index is 11.2. The van der Waals surface area contributed by atoms with Crippen molar-refractivity contribution >= 4 is 28.8 Å². The summed E-state index contributed by atoms with van der Waals surface area (Å²) in [7, 11) is 1.62. The minimum absolute atomic E-state index is 0.151. The number of halogens is 1. The van der Waals surface area contributed by atoms with Crippen LogP contribution in [0, 0.1) is 17.0 Å². The molecule has 0 spiro atoms. The summed E-state index contributed by atoms with van der Waals surface area (Å²) in [5, 5.41) is 14.3. The second kappa shape index (κ2) is 6.91. The first-order valence-corrected chi connectivity index (χ1v) is 8.00. The monoisotopic (exact) mass is 364 g/mol. The van der Waals surface area contributed by atoms with Crippen LogP contribution in [0.25, 0.3) is 0 Å². The highest BCUT2D eigenvalue weighted by molar-refractivity contribution is 6.29. The number of hydrogen-bond donors (Lipinski definition) is 1. The molecule has 1 aliphatic rings. The normalized spacial score (nSPS) is 19.8. The fourth-order valence-electron chi connectivity index (χ4n) is 2.78. The third kappa shape index (κ3) is 3.55. The lowest BCUT2D eigenvalue weighted by molar-refractivity contribution is -0.384. The standard InChI is InChI=1S/C16H17ClN4O4/c1-10-5-13(16(24-2)3-4-25-9-16)20-15(6-10)19-11-7-14(17)18-8-12(11)21(22)23/h5-8H,3-4,9H2,1-2H3,(H,18,19,20). The summed E-state index contributed by atoms with van der Waals surface area (Å²) in [4.78, 5) is 19.0. The van der Waals surface area contributed by atoms with Crippen LogP contribution in [0.3, 0.4) is 0 Å². The molecular weight excluding hydrogens is 348 g/mol. The maximum Gasteiger partial charge on any atom is 0.310 e. The topological polar surface area (TPSA) is 99.4 Å². The zero-order valence-electron chi connectivity index (χ0n) is 13.8. The van der Waals surface area contributed by atoms with E-state index in [1.807, 2.05) is 13.0 Å². The third-order valence-corrected chi connectivity index (χ3v) is 4.33. The third-order valence-electron chi connectivity index (χ3n) is 4.12. The van der Waals surface area contributed by atoms with Crippen molar-refractivity contribution in [2.45, 2.75) is 18.9 Å². The number of hydrogen-bond acceptors (Lipinski definition) is 7. The zero-order valence-corrected chi connectivity index (χ0v) is 14.5. The van der Waals surface area contributed by atoms with E-state index in [2.05, 4.69) is 15.3 Å². The molecule has 0 aromatic carbocycles. The molecule has 1 unspecified atom stereocenters. The molecule has 0 radical (unpaired) electrons. The van der Waals surface area contributed by atoms with Gasteiger partial charge in [-0.1, -0.05) is 11.6 Å². The van der Waals surface area contributed by atoms with Crippen LogP contribution in [0.5, 0.6) is 0 Å². The van der Waals surface area contributed by atoms with Gasteiger partial charge in [0.15, 0.2) is 0 Å². The van der Waals surface area contributed by atoms with Crippen LogP contribution in [0.2, 0.25) is 5.15 Å². The predicted molar refractivity (Wildman–Crippen MR) is 92.3 cm³/mol. The molecule has 2 aromatic heterocycles. The first-order chi connectivity index (χ1) is 11.9. The van der Waals surface area contributed by atoms with Crippen LogP contribution in [-0.2, 0) is 15.1 Å². The van der Waals surface area contributed by atoms with Crippen LogP contribution in [0.4, 0.5) is 17.2 Å². The van der Waals surface area contributed by atoms with Crippen molar-refractivity contribution in [3.63, 3.8) is 0 Å². The SMILES string of the molecule is COC1(c2cc(C)cc(Nc3cc(Cl)ncc3[N+](=O)[O-])n2)CCOC1. The second-order valence-corrected chi connectivity index (χ2v) is 6.21. The molecule has 0 aliphatic carbocycles. The Hall–Kier alpha value is -2.29. The van der Waals surface area contributed by atoms with E-state index in [1.165, 1.54) is 6.07 Å².